The van der Waals surface area contributed by atoms with Gasteiger partial charge in [0.2, 0.25) is 0 Å². The Balaban J connectivity index is 2.73. The highest BCUT2D eigenvalue weighted by atomic mass is 35.5. The second kappa shape index (κ2) is 8.01. The third kappa shape index (κ3) is 4.59. The lowest BCUT2D eigenvalue weighted by atomic mass is 10.2. The van der Waals surface area contributed by atoms with Gasteiger partial charge in [-0.15, -0.1) is 23.2 Å². The van der Waals surface area contributed by atoms with Gasteiger partial charge in [-0.05, 0) is 24.3 Å². The van der Waals surface area contributed by atoms with Gasteiger partial charge in [0.05, 0.1) is 0 Å². The van der Waals surface area contributed by atoms with E-state index in [9.17, 15) is 4.79 Å². The van der Waals surface area contributed by atoms with Crippen molar-refractivity contribution < 1.29 is 9.53 Å². The average molecular weight is 288 g/mol. The average Bonchev–Trinajstić information content (AvgIpc) is 2.39. The highest BCUT2D eigenvalue weighted by Gasteiger charge is 2.06. The molecule has 3 nitrogen and oxygen atoms in total. The number of benzene rings is 1. The predicted octanol–water partition coefficient (Wildman–Crippen LogP) is 3.06. The number of halogens is 2. The molecule has 0 aliphatic rings. The molecule has 0 aliphatic heterocycles. The summed E-state index contributed by atoms with van der Waals surface area (Å²) in [5, 5.41) is 0. The number of carbonyl (C=O) groups excluding carboxylic acids is 1. The summed E-state index contributed by atoms with van der Waals surface area (Å²) in [4.78, 5) is 13.1. The quantitative estimate of drug-likeness (QED) is 0.334. The molecule has 0 atom stereocenters. The van der Waals surface area contributed by atoms with E-state index in [1.54, 1.807) is 12.1 Å². The Morgan fingerprint density at radius 2 is 1.78 bits per heavy atom. The Kier molecular flexibility index (Phi) is 6.61. The summed E-state index contributed by atoms with van der Waals surface area (Å²) in [5.41, 5.74) is 0.995. The maximum Gasteiger partial charge on any atom is 0.335 e. The zero-order valence-electron chi connectivity index (χ0n) is 9.94. The lowest BCUT2D eigenvalue weighted by Crippen LogP contribution is -2.27. The Morgan fingerprint density at radius 3 is 2.22 bits per heavy atom. The minimum absolute atomic E-state index is 0.471. The molecule has 0 aromatic heterocycles. The summed E-state index contributed by atoms with van der Waals surface area (Å²) in [6, 6.07) is 7.19. The zero-order valence-corrected chi connectivity index (χ0v) is 11.5. The number of carbonyl (C=O) groups is 1. The summed E-state index contributed by atoms with van der Waals surface area (Å²) in [6.45, 7) is 4.78. The van der Waals surface area contributed by atoms with E-state index in [1.807, 2.05) is 12.1 Å². The first-order valence-electron chi connectivity index (χ1n) is 5.52. The maximum atomic E-state index is 11.0. The van der Waals surface area contributed by atoms with E-state index in [1.165, 1.54) is 0 Å². The number of esters is 1. The van der Waals surface area contributed by atoms with Crippen molar-refractivity contribution in [2.24, 2.45) is 0 Å². The molecule has 0 bridgehead atoms. The number of hydrogen-bond acceptors (Lipinski definition) is 3. The van der Waals surface area contributed by atoms with E-state index in [-0.39, 0.29) is 0 Å². The van der Waals surface area contributed by atoms with Gasteiger partial charge in [-0.3, -0.25) is 0 Å². The van der Waals surface area contributed by atoms with Crippen molar-refractivity contribution in [3.8, 4) is 5.75 Å². The van der Waals surface area contributed by atoms with Gasteiger partial charge in [-0.1, -0.05) is 6.58 Å². The van der Waals surface area contributed by atoms with Crippen LogP contribution in [-0.2, 0) is 4.79 Å². The van der Waals surface area contributed by atoms with Crippen LogP contribution < -0.4 is 9.64 Å². The molecule has 0 spiro atoms. The topological polar surface area (TPSA) is 29.5 Å². The molecule has 0 aliphatic carbocycles. The molecule has 1 aromatic rings. The molecular formula is C13H15Cl2NO2. The molecule has 0 amide bonds. The fraction of sp³-hybridized carbons (Fsp3) is 0.308. The van der Waals surface area contributed by atoms with Crippen LogP contribution in [0.2, 0.25) is 0 Å². The van der Waals surface area contributed by atoms with Gasteiger partial charge < -0.3 is 9.64 Å². The molecule has 0 fully saturated rings. The van der Waals surface area contributed by atoms with Crippen LogP contribution in [-0.4, -0.2) is 30.8 Å². The smallest absolute Gasteiger partial charge is 0.335 e. The molecule has 0 saturated heterocycles. The molecule has 0 heterocycles. The van der Waals surface area contributed by atoms with Gasteiger partial charge in [-0.2, -0.15) is 0 Å². The Labute approximate surface area is 117 Å². The van der Waals surface area contributed by atoms with Crippen molar-refractivity contribution in [1.29, 1.82) is 0 Å². The van der Waals surface area contributed by atoms with Crippen molar-refractivity contribution in [2.45, 2.75) is 0 Å². The molecule has 0 saturated carbocycles. The normalized spacial score (nSPS) is 9.89. The summed E-state index contributed by atoms with van der Waals surface area (Å²) in [6.07, 6.45) is 1.13. The first-order valence-corrected chi connectivity index (χ1v) is 6.59. The van der Waals surface area contributed by atoms with Crippen molar-refractivity contribution in [3.63, 3.8) is 0 Å². The molecule has 98 valence electrons. The van der Waals surface area contributed by atoms with Crippen LogP contribution >= 0.6 is 23.2 Å². The number of rotatable bonds is 7. The van der Waals surface area contributed by atoms with Crippen LogP contribution in [0.5, 0.6) is 5.75 Å². The Morgan fingerprint density at radius 1 is 1.22 bits per heavy atom. The number of anilines is 1. The Hall–Kier alpha value is -1.19. The van der Waals surface area contributed by atoms with Gasteiger partial charge in [0, 0.05) is 36.6 Å². The number of alkyl halides is 2. The molecule has 0 N–H and O–H groups in total. The van der Waals surface area contributed by atoms with Crippen LogP contribution in [0.25, 0.3) is 0 Å². The van der Waals surface area contributed by atoms with Crippen LogP contribution in [0.15, 0.2) is 36.9 Å². The SMILES string of the molecule is C=CC(=O)Oc1ccc(N(CCCl)CCCl)cc1. The van der Waals surface area contributed by atoms with Crippen LogP contribution in [0, 0.1) is 0 Å². The van der Waals surface area contributed by atoms with Crippen molar-refractivity contribution >= 4 is 34.9 Å². The highest BCUT2D eigenvalue weighted by Crippen LogP contribution is 2.19. The molecule has 1 rings (SSSR count). The van der Waals surface area contributed by atoms with Crippen LogP contribution in [0.4, 0.5) is 5.69 Å². The first-order chi connectivity index (χ1) is 8.71. The van der Waals surface area contributed by atoms with E-state index >= 15 is 0 Å². The summed E-state index contributed by atoms with van der Waals surface area (Å²) < 4.78 is 4.99. The van der Waals surface area contributed by atoms with E-state index in [0.717, 1.165) is 24.9 Å². The third-order valence-corrected chi connectivity index (χ3v) is 2.63. The third-order valence-electron chi connectivity index (χ3n) is 2.30. The molecule has 18 heavy (non-hydrogen) atoms. The van der Waals surface area contributed by atoms with Crippen LogP contribution in [0.3, 0.4) is 0 Å². The van der Waals surface area contributed by atoms with Gasteiger partial charge in [0.25, 0.3) is 0 Å². The van der Waals surface area contributed by atoms with Gasteiger partial charge in [0.1, 0.15) is 5.75 Å². The Bertz CT molecular complexity index is 386. The van der Waals surface area contributed by atoms with E-state index < -0.39 is 5.97 Å². The first kappa shape index (κ1) is 14.9. The summed E-state index contributed by atoms with van der Waals surface area (Å²) in [5.74, 6) is 1.08. The predicted molar refractivity (Wildman–Crippen MR) is 75.9 cm³/mol. The second-order valence-electron chi connectivity index (χ2n) is 3.48. The number of nitrogens with zero attached hydrogens (tertiary/aromatic N) is 1. The number of ether oxygens (including phenoxy) is 1. The fourth-order valence-corrected chi connectivity index (χ4v) is 1.86. The molecule has 0 unspecified atom stereocenters. The maximum absolute atomic E-state index is 11.0. The van der Waals surface area contributed by atoms with Gasteiger partial charge in [-0.25, -0.2) is 4.79 Å². The van der Waals surface area contributed by atoms with Gasteiger partial charge in [0.15, 0.2) is 0 Å². The highest BCUT2D eigenvalue weighted by molar-refractivity contribution is 6.18. The van der Waals surface area contributed by atoms with Crippen molar-refractivity contribution in [2.75, 3.05) is 29.7 Å². The van der Waals surface area contributed by atoms with Crippen LogP contribution in [0.1, 0.15) is 0 Å². The zero-order chi connectivity index (χ0) is 13.4. The lowest BCUT2D eigenvalue weighted by molar-refractivity contribution is -0.128. The van der Waals surface area contributed by atoms with E-state index in [4.69, 9.17) is 27.9 Å². The monoisotopic (exact) mass is 287 g/mol. The largest absolute Gasteiger partial charge is 0.423 e. The molecule has 5 heteroatoms. The fourth-order valence-electron chi connectivity index (χ4n) is 1.46. The lowest BCUT2D eigenvalue weighted by Gasteiger charge is -2.22. The standard InChI is InChI=1S/C13H15Cl2NO2/c1-2-13(17)18-12-5-3-11(4-6-12)16(9-7-14)10-8-15/h2-6H,1,7-10H2. The van der Waals surface area contributed by atoms with E-state index in [0.29, 0.717) is 17.5 Å². The number of hydrogen-bond donors (Lipinski definition) is 0. The minimum Gasteiger partial charge on any atom is -0.423 e. The van der Waals surface area contributed by atoms with Crippen molar-refractivity contribution in [1.82, 2.24) is 0 Å². The van der Waals surface area contributed by atoms with Gasteiger partial charge >= 0.3 is 5.97 Å². The summed E-state index contributed by atoms with van der Waals surface area (Å²) in [7, 11) is 0. The van der Waals surface area contributed by atoms with Crippen molar-refractivity contribution in [3.05, 3.63) is 36.9 Å². The second-order valence-corrected chi connectivity index (χ2v) is 4.24. The summed E-state index contributed by atoms with van der Waals surface area (Å²) >= 11 is 11.5. The molecule has 1 aromatic carbocycles. The minimum atomic E-state index is -0.471. The molecular weight excluding hydrogens is 273 g/mol. The molecule has 0 radical (unpaired) electrons. The van der Waals surface area contributed by atoms with E-state index in [2.05, 4.69) is 11.5 Å².